The van der Waals surface area contributed by atoms with Gasteiger partial charge in [0.2, 0.25) is 20.0 Å². The van der Waals surface area contributed by atoms with Gasteiger partial charge in [0.05, 0.1) is 15.8 Å². The number of likely N-dealkylation sites (tertiary alicyclic amines) is 1. The Morgan fingerprint density at radius 2 is 1.34 bits per heavy atom. The molecule has 0 spiro atoms. The summed E-state index contributed by atoms with van der Waals surface area (Å²) in [6, 6.07) is 12.3. The van der Waals surface area contributed by atoms with Crippen LogP contribution in [0, 0.1) is 0 Å². The molecule has 0 saturated carbocycles. The Bertz CT molecular complexity index is 1310. The molecular weight excluding hydrogens is 545 g/mol. The highest BCUT2D eigenvalue weighted by molar-refractivity contribution is 7.89. The fourth-order valence-electron chi connectivity index (χ4n) is 4.47. The van der Waals surface area contributed by atoms with Crippen molar-refractivity contribution in [2.24, 2.45) is 0 Å². The summed E-state index contributed by atoms with van der Waals surface area (Å²) in [5, 5.41) is 3.38. The van der Waals surface area contributed by atoms with Gasteiger partial charge in [-0.2, -0.15) is 13.2 Å². The number of carbonyl (C=O) groups is 1. The van der Waals surface area contributed by atoms with Crippen LogP contribution in [0.5, 0.6) is 0 Å². The summed E-state index contributed by atoms with van der Waals surface area (Å²) in [6.07, 6.45) is -1.71. The van der Waals surface area contributed by atoms with Crippen LogP contribution in [-0.4, -0.2) is 61.0 Å². The van der Waals surface area contributed by atoms with Crippen molar-refractivity contribution in [2.45, 2.75) is 53.7 Å². The Kier molecular flexibility index (Phi) is 9.57. The first-order valence-electron chi connectivity index (χ1n) is 12.0. The maximum absolute atomic E-state index is 12.6. The molecule has 14 heteroatoms. The first kappa shape index (κ1) is 30.0. The number of nitrogens with one attached hydrogen (secondary N) is 3. The van der Waals surface area contributed by atoms with E-state index in [4.69, 9.17) is 0 Å². The van der Waals surface area contributed by atoms with E-state index in [1.54, 1.807) is 12.1 Å². The molecule has 0 bridgehead atoms. The summed E-state index contributed by atoms with van der Waals surface area (Å²) in [7, 11) is -4.22. The second-order valence-electron chi connectivity index (χ2n) is 8.86. The molecule has 2 aromatic rings. The van der Waals surface area contributed by atoms with Gasteiger partial charge in [-0.15, -0.1) is 0 Å². The first-order chi connectivity index (χ1) is 17.8. The van der Waals surface area contributed by atoms with E-state index in [1.807, 2.05) is 12.1 Å². The number of sulfonamides is 2. The van der Waals surface area contributed by atoms with E-state index < -0.39 is 38.2 Å². The molecule has 9 nitrogen and oxygen atoms in total. The number of carbonyl (C=O) groups excluding carboxylic acids is 1. The number of rotatable bonds is 6. The second-order valence-corrected chi connectivity index (χ2v) is 12.6. The molecule has 0 aromatic heterocycles. The van der Waals surface area contributed by atoms with E-state index in [-0.39, 0.29) is 11.4 Å². The van der Waals surface area contributed by atoms with Crippen LogP contribution in [-0.2, 0) is 24.8 Å². The fraction of sp³-hybridized carbons (Fsp3) is 0.458. The molecular formula is C24H31F3N4O5S2. The highest BCUT2D eigenvalue weighted by Gasteiger charge is 2.46. The Labute approximate surface area is 220 Å². The molecule has 38 heavy (non-hydrogen) atoms. The van der Waals surface area contributed by atoms with E-state index in [2.05, 4.69) is 14.8 Å². The number of hydrogen-bond acceptors (Lipinski definition) is 6. The molecule has 2 fully saturated rings. The standard InChI is InChI=1S/C13H15F3N2O3S.C11H16N2O2S/c1-17-22(20,21)10-6-4-9(5-7-10)11-3-2-8-18(11)12(19)13(14,15)16;1-12-16(14,15)10-6-4-9(5-7-10)11-3-2-8-13-11/h4-7,11,17H,2-3,8H2,1H3;4-7,11-13H,2-3,8H2,1H3. The highest BCUT2D eigenvalue weighted by Crippen LogP contribution is 2.35. The predicted molar refractivity (Wildman–Crippen MR) is 135 cm³/mol. The second kappa shape index (κ2) is 12.1. The molecule has 1 amide bonds. The maximum atomic E-state index is 12.6. The van der Waals surface area contributed by atoms with Gasteiger partial charge in [0.25, 0.3) is 0 Å². The van der Waals surface area contributed by atoms with Crippen molar-refractivity contribution < 1.29 is 34.8 Å². The van der Waals surface area contributed by atoms with Crippen LogP contribution in [0.15, 0.2) is 58.3 Å². The van der Waals surface area contributed by atoms with Crippen LogP contribution in [0.25, 0.3) is 0 Å². The summed E-state index contributed by atoms with van der Waals surface area (Å²) in [6.45, 7) is 1.08. The van der Waals surface area contributed by atoms with Gasteiger partial charge in [0, 0.05) is 12.6 Å². The van der Waals surface area contributed by atoms with E-state index in [1.165, 1.54) is 44.8 Å². The Balaban J connectivity index is 0.000000221. The van der Waals surface area contributed by atoms with Gasteiger partial charge in [-0.25, -0.2) is 26.3 Å². The van der Waals surface area contributed by atoms with Crippen molar-refractivity contribution >= 4 is 26.0 Å². The third kappa shape index (κ3) is 7.11. The minimum atomic E-state index is -4.90. The Morgan fingerprint density at radius 1 is 0.842 bits per heavy atom. The topological polar surface area (TPSA) is 125 Å². The molecule has 0 aliphatic carbocycles. The summed E-state index contributed by atoms with van der Waals surface area (Å²) in [5.74, 6) is -1.86. The van der Waals surface area contributed by atoms with Gasteiger partial charge in [-0.05, 0) is 81.7 Å². The summed E-state index contributed by atoms with van der Waals surface area (Å²) in [4.78, 5) is 12.5. The van der Waals surface area contributed by atoms with Gasteiger partial charge >= 0.3 is 12.1 Å². The predicted octanol–water partition coefficient (Wildman–Crippen LogP) is 2.84. The molecule has 2 saturated heterocycles. The highest BCUT2D eigenvalue weighted by atomic mass is 32.2. The zero-order chi connectivity index (χ0) is 28.1. The Morgan fingerprint density at radius 3 is 1.76 bits per heavy atom. The van der Waals surface area contributed by atoms with Crippen molar-refractivity contribution in [2.75, 3.05) is 27.2 Å². The molecule has 2 unspecified atom stereocenters. The fourth-order valence-corrected chi connectivity index (χ4v) is 5.93. The molecule has 2 atom stereocenters. The van der Waals surface area contributed by atoms with Crippen LogP contribution in [0.2, 0.25) is 0 Å². The van der Waals surface area contributed by atoms with Gasteiger partial charge < -0.3 is 10.2 Å². The van der Waals surface area contributed by atoms with Crippen LogP contribution >= 0.6 is 0 Å². The average Bonchev–Trinajstić information content (AvgIpc) is 3.61. The van der Waals surface area contributed by atoms with Crippen molar-refractivity contribution in [3.8, 4) is 0 Å². The van der Waals surface area contributed by atoms with Gasteiger partial charge in [-0.1, -0.05) is 24.3 Å². The lowest BCUT2D eigenvalue weighted by atomic mass is 10.0. The minimum absolute atomic E-state index is 0.0189. The molecule has 2 aromatic carbocycles. The molecule has 0 radical (unpaired) electrons. The van der Waals surface area contributed by atoms with E-state index in [9.17, 15) is 34.8 Å². The minimum Gasteiger partial charge on any atom is -0.328 e. The number of benzene rings is 2. The van der Waals surface area contributed by atoms with Gasteiger partial charge in [0.1, 0.15) is 0 Å². The van der Waals surface area contributed by atoms with Crippen LogP contribution in [0.3, 0.4) is 0 Å². The molecule has 2 aliphatic rings. The zero-order valence-corrected chi connectivity index (χ0v) is 22.6. The zero-order valence-electron chi connectivity index (χ0n) is 21.0. The largest absolute Gasteiger partial charge is 0.471 e. The molecule has 2 heterocycles. The summed E-state index contributed by atoms with van der Waals surface area (Å²) >= 11 is 0. The number of alkyl halides is 3. The lowest BCUT2D eigenvalue weighted by Gasteiger charge is -2.26. The number of nitrogens with zero attached hydrogens (tertiary/aromatic N) is 1. The SMILES string of the molecule is CNS(=O)(=O)c1ccc(C2CCCN2)cc1.CNS(=O)(=O)c1ccc(C2CCCN2C(=O)C(F)(F)F)cc1. The van der Waals surface area contributed by atoms with Crippen molar-refractivity contribution in [3.63, 3.8) is 0 Å². The van der Waals surface area contributed by atoms with Crippen molar-refractivity contribution in [3.05, 3.63) is 59.7 Å². The average molecular weight is 577 g/mol. The van der Waals surface area contributed by atoms with Crippen LogP contribution in [0.4, 0.5) is 13.2 Å². The third-order valence-electron chi connectivity index (χ3n) is 6.52. The van der Waals surface area contributed by atoms with Crippen molar-refractivity contribution in [1.82, 2.24) is 19.7 Å². The van der Waals surface area contributed by atoms with E-state index in [0.29, 0.717) is 29.3 Å². The lowest BCUT2D eigenvalue weighted by molar-refractivity contribution is -0.186. The molecule has 210 valence electrons. The maximum Gasteiger partial charge on any atom is 0.471 e. The Hall–Kier alpha value is -2.52. The van der Waals surface area contributed by atoms with Crippen LogP contribution < -0.4 is 14.8 Å². The van der Waals surface area contributed by atoms with E-state index in [0.717, 1.165) is 23.4 Å². The quantitative estimate of drug-likeness (QED) is 0.486. The smallest absolute Gasteiger partial charge is 0.328 e. The normalized spacial score (nSPS) is 20.2. The number of halogens is 3. The van der Waals surface area contributed by atoms with E-state index >= 15 is 0 Å². The van der Waals surface area contributed by atoms with Crippen LogP contribution in [0.1, 0.15) is 48.9 Å². The van der Waals surface area contributed by atoms with Crippen molar-refractivity contribution in [1.29, 1.82) is 0 Å². The molecule has 4 rings (SSSR count). The van der Waals surface area contributed by atoms with Gasteiger partial charge in [0.15, 0.2) is 0 Å². The lowest BCUT2D eigenvalue weighted by Crippen LogP contribution is -2.40. The number of hydrogen-bond donors (Lipinski definition) is 3. The monoisotopic (exact) mass is 576 g/mol. The van der Waals surface area contributed by atoms with Gasteiger partial charge in [-0.3, -0.25) is 4.79 Å². The summed E-state index contributed by atoms with van der Waals surface area (Å²) < 4.78 is 88.4. The third-order valence-corrected chi connectivity index (χ3v) is 9.38. The number of amides is 1. The molecule has 3 N–H and O–H groups in total. The molecule has 2 aliphatic heterocycles. The first-order valence-corrected chi connectivity index (χ1v) is 14.9. The summed E-state index contributed by atoms with van der Waals surface area (Å²) in [5.41, 5.74) is 1.65.